The predicted octanol–water partition coefficient (Wildman–Crippen LogP) is 7.04. The molecular weight excluding hydrogens is 641 g/mol. The zero-order valence-corrected chi connectivity index (χ0v) is 28.2. The van der Waals surface area contributed by atoms with Crippen LogP contribution in [0.2, 0.25) is 0 Å². The van der Waals surface area contributed by atoms with Gasteiger partial charge < -0.3 is 19.1 Å². The number of pyridine rings is 1. The van der Waals surface area contributed by atoms with Crippen molar-refractivity contribution in [1.82, 2.24) is 4.98 Å². The van der Waals surface area contributed by atoms with E-state index in [1.807, 2.05) is 67.6 Å². The van der Waals surface area contributed by atoms with Gasteiger partial charge in [-0.3, -0.25) is 9.71 Å². The molecule has 0 aliphatic heterocycles. The largest absolute Gasteiger partial charge is 0.493 e. The number of nitrogens with zero attached hydrogens (tertiary/aromatic N) is 3. The van der Waals surface area contributed by atoms with E-state index < -0.39 is 16.0 Å². The summed E-state index contributed by atoms with van der Waals surface area (Å²) >= 11 is 0. The maximum atomic E-state index is 12.4. The molecule has 0 saturated carbocycles. The number of carbonyl (C=O) groups excluding carboxylic acids is 1. The van der Waals surface area contributed by atoms with Crippen LogP contribution in [0.4, 0.5) is 11.4 Å². The Balaban J connectivity index is 1.35. The Morgan fingerprint density at radius 1 is 0.878 bits per heavy atom. The minimum atomic E-state index is -3.48. The van der Waals surface area contributed by atoms with Crippen molar-refractivity contribution in [2.45, 2.75) is 26.4 Å². The third-order valence-corrected chi connectivity index (χ3v) is 8.20. The number of methoxy groups -OCH3 is 1. The van der Waals surface area contributed by atoms with Gasteiger partial charge in [-0.1, -0.05) is 36.4 Å². The maximum absolute atomic E-state index is 12.4. The van der Waals surface area contributed by atoms with Gasteiger partial charge >= 0.3 is 5.97 Å². The molecule has 0 aliphatic carbocycles. The minimum Gasteiger partial charge on any atom is -0.493 e. The van der Waals surface area contributed by atoms with E-state index in [9.17, 15) is 18.5 Å². The van der Waals surface area contributed by atoms with Crippen LogP contribution >= 0.6 is 0 Å². The number of hydrogen-bond donors (Lipinski definition) is 1. The zero-order valence-electron chi connectivity index (χ0n) is 27.4. The van der Waals surface area contributed by atoms with E-state index in [0.29, 0.717) is 60.2 Å². The van der Waals surface area contributed by atoms with Gasteiger partial charge in [-0.2, -0.15) is 5.26 Å². The Morgan fingerprint density at radius 2 is 1.57 bits per heavy atom. The molecule has 1 aromatic heterocycles. The molecule has 0 aliphatic rings. The first-order valence-electron chi connectivity index (χ1n) is 15.4. The number of esters is 1. The van der Waals surface area contributed by atoms with Gasteiger partial charge in [-0.25, -0.2) is 13.2 Å². The molecule has 0 atom stereocenters. The molecule has 5 aromatic rings. The van der Waals surface area contributed by atoms with E-state index in [0.717, 1.165) is 34.2 Å². The highest BCUT2D eigenvalue weighted by molar-refractivity contribution is 7.92. The standard InChI is InChI=1S/C38H36N4O6S/c1-27-36(41-49(3,44)45)7-4-8-37(27)42(25-30-11-9-28(23-39)10-12-30)26-31-13-15-33(16-14-31)48-35-21-32(38(43)46-2)20-34(22-35)47-19-17-29-6-5-18-40-24-29/h4-16,18,20-22,24,41H,17,19,25-26H2,1-3H3. The zero-order chi connectivity index (χ0) is 34.8. The van der Waals surface area contributed by atoms with Gasteiger partial charge in [0.2, 0.25) is 10.0 Å². The summed E-state index contributed by atoms with van der Waals surface area (Å²) in [7, 11) is -2.15. The van der Waals surface area contributed by atoms with Gasteiger partial charge in [-0.15, -0.1) is 0 Å². The highest BCUT2D eigenvalue weighted by Gasteiger charge is 2.16. The molecule has 250 valence electrons. The number of anilines is 2. The van der Waals surface area contributed by atoms with Crippen molar-refractivity contribution in [2.24, 2.45) is 0 Å². The number of sulfonamides is 1. The van der Waals surface area contributed by atoms with E-state index in [1.54, 1.807) is 48.8 Å². The van der Waals surface area contributed by atoms with Crippen molar-refractivity contribution in [3.63, 3.8) is 0 Å². The van der Waals surface area contributed by atoms with Crippen molar-refractivity contribution in [3.05, 3.63) is 143 Å². The highest BCUT2D eigenvalue weighted by atomic mass is 32.2. The minimum absolute atomic E-state index is 0.300. The molecule has 0 fully saturated rings. The second kappa shape index (κ2) is 15.8. The number of benzene rings is 4. The molecule has 0 spiro atoms. The molecule has 5 rings (SSSR count). The van der Waals surface area contributed by atoms with Gasteiger partial charge in [0, 0.05) is 43.7 Å². The molecule has 49 heavy (non-hydrogen) atoms. The topological polar surface area (TPSA) is 131 Å². The summed E-state index contributed by atoms with van der Waals surface area (Å²) in [6, 6.07) is 31.4. The molecule has 0 saturated heterocycles. The van der Waals surface area contributed by atoms with Crippen molar-refractivity contribution in [3.8, 4) is 23.3 Å². The number of rotatable bonds is 14. The first-order chi connectivity index (χ1) is 23.6. The molecule has 1 N–H and O–H groups in total. The van der Waals surface area contributed by atoms with E-state index in [-0.39, 0.29) is 0 Å². The first kappa shape index (κ1) is 34.5. The third kappa shape index (κ3) is 9.82. The highest BCUT2D eigenvalue weighted by Crippen LogP contribution is 2.32. The van der Waals surface area contributed by atoms with Crippen LogP contribution in [0.5, 0.6) is 17.2 Å². The lowest BCUT2D eigenvalue weighted by Gasteiger charge is -2.28. The van der Waals surface area contributed by atoms with Crippen LogP contribution in [-0.4, -0.2) is 39.3 Å². The van der Waals surface area contributed by atoms with E-state index in [4.69, 9.17) is 14.2 Å². The van der Waals surface area contributed by atoms with Crippen LogP contribution in [0.1, 0.15) is 38.2 Å². The van der Waals surface area contributed by atoms with Crippen LogP contribution in [-0.2, 0) is 34.3 Å². The Kier molecular flexibility index (Phi) is 11.1. The summed E-state index contributed by atoms with van der Waals surface area (Å²) in [6.07, 6.45) is 5.27. The van der Waals surface area contributed by atoms with E-state index >= 15 is 0 Å². The second-order valence-electron chi connectivity index (χ2n) is 11.4. The predicted molar refractivity (Wildman–Crippen MR) is 188 cm³/mol. The summed E-state index contributed by atoms with van der Waals surface area (Å²) in [5.74, 6) is 0.938. The molecule has 0 amide bonds. The first-order valence-corrected chi connectivity index (χ1v) is 17.3. The molecule has 0 unspecified atom stereocenters. The summed E-state index contributed by atoms with van der Waals surface area (Å²) < 4.78 is 43.7. The number of aromatic nitrogens is 1. The fraction of sp³-hybridized carbons (Fsp3) is 0.184. The lowest BCUT2D eigenvalue weighted by Crippen LogP contribution is -2.23. The fourth-order valence-electron chi connectivity index (χ4n) is 5.21. The maximum Gasteiger partial charge on any atom is 0.338 e. The van der Waals surface area contributed by atoms with E-state index in [1.165, 1.54) is 7.11 Å². The normalized spacial score (nSPS) is 10.9. The van der Waals surface area contributed by atoms with Gasteiger partial charge in [0.05, 0.1) is 42.9 Å². The van der Waals surface area contributed by atoms with E-state index in [2.05, 4.69) is 20.7 Å². The Labute approximate surface area is 286 Å². The smallest absolute Gasteiger partial charge is 0.338 e. The molecule has 0 radical (unpaired) electrons. The van der Waals surface area contributed by atoms with Crippen LogP contribution in [0, 0.1) is 18.3 Å². The quantitative estimate of drug-likeness (QED) is 0.123. The molecule has 11 heteroatoms. The molecule has 10 nitrogen and oxygen atoms in total. The molecular formula is C38H36N4O6S. The van der Waals surface area contributed by atoms with Crippen LogP contribution in [0.3, 0.4) is 0 Å². The SMILES string of the molecule is COC(=O)c1cc(OCCc2cccnc2)cc(Oc2ccc(CN(Cc3ccc(C#N)cc3)c3cccc(NS(C)(=O)=O)c3C)cc2)c1. The molecule has 0 bridgehead atoms. The lowest BCUT2D eigenvalue weighted by molar-refractivity contribution is 0.0599. The Hall–Kier alpha value is -5.86. The van der Waals surface area contributed by atoms with Crippen molar-refractivity contribution < 1.29 is 27.4 Å². The van der Waals surface area contributed by atoms with Crippen LogP contribution in [0.25, 0.3) is 0 Å². The van der Waals surface area contributed by atoms with Crippen LogP contribution in [0.15, 0.2) is 109 Å². The summed E-state index contributed by atoms with van der Waals surface area (Å²) in [5, 5.41) is 9.24. The number of carbonyl (C=O) groups is 1. The lowest BCUT2D eigenvalue weighted by atomic mass is 10.1. The van der Waals surface area contributed by atoms with Gasteiger partial charge in [0.15, 0.2) is 0 Å². The number of ether oxygens (including phenoxy) is 3. The van der Waals surface area contributed by atoms with Crippen LogP contribution < -0.4 is 19.1 Å². The monoisotopic (exact) mass is 676 g/mol. The molecule has 4 aromatic carbocycles. The Bertz CT molecular complexity index is 2050. The van der Waals surface area contributed by atoms with Crippen molar-refractivity contribution >= 4 is 27.4 Å². The van der Waals surface area contributed by atoms with Crippen molar-refractivity contribution in [2.75, 3.05) is 29.6 Å². The van der Waals surface area contributed by atoms with Gasteiger partial charge in [0.1, 0.15) is 17.2 Å². The summed E-state index contributed by atoms with van der Waals surface area (Å²) in [5.41, 5.74) is 6.01. The number of hydrogen-bond acceptors (Lipinski definition) is 9. The Morgan fingerprint density at radius 3 is 2.20 bits per heavy atom. The average molecular weight is 677 g/mol. The number of nitrogens with one attached hydrogen (secondary N) is 1. The average Bonchev–Trinajstić information content (AvgIpc) is 3.09. The third-order valence-electron chi connectivity index (χ3n) is 7.61. The second-order valence-corrected chi connectivity index (χ2v) is 13.1. The molecule has 1 heterocycles. The van der Waals surface area contributed by atoms with Gasteiger partial charge in [-0.05, 0) is 83.8 Å². The van der Waals surface area contributed by atoms with Gasteiger partial charge in [0.25, 0.3) is 0 Å². The van der Waals surface area contributed by atoms with Crippen molar-refractivity contribution in [1.29, 1.82) is 5.26 Å². The summed E-state index contributed by atoms with van der Waals surface area (Å²) in [6.45, 7) is 3.27. The fourth-order valence-corrected chi connectivity index (χ4v) is 5.83. The summed E-state index contributed by atoms with van der Waals surface area (Å²) in [4.78, 5) is 18.7. The number of nitriles is 1.